The summed E-state index contributed by atoms with van der Waals surface area (Å²) < 4.78 is 2.46. The Morgan fingerprint density at radius 2 is 1.72 bits per heavy atom. The van der Waals surface area contributed by atoms with Gasteiger partial charge in [0, 0.05) is 49.1 Å². The lowest BCUT2D eigenvalue weighted by Gasteiger charge is -2.26. The fourth-order valence-corrected chi connectivity index (χ4v) is 5.73. The molecule has 2 aliphatic rings. The van der Waals surface area contributed by atoms with E-state index in [9.17, 15) is 4.79 Å². The molecular formula is C28H35N3O. The van der Waals surface area contributed by atoms with E-state index in [4.69, 9.17) is 0 Å². The number of hydrogen-bond donors (Lipinski definition) is 0. The first-order chi connectivity index (χ1) is 15.6. The molecule has 0 saturated heterocycles. The number of carbonyl (C=O) groups excluding carboxylic acids is 1. The van der Waals surface area contributed by atoms with Crippen molar-refractivity contribution in [3.8, 4) is 11.3 Å². The third-order valence-electron chi connectivity index (χ3n) is 7.38. The third-order valence-corrected chi connectivity index (χ3v) is 7.38. The SMILES string of the molecule is CN(C)CCN1Cc2ccccc2-c2c(C3CCCCC3)c3ccccc3n2CCC1=O. The van der Waals surface area contributed by atoms with Crippen LogP contribution in [0.15, 0.2) is 48.5 Å². The van der Waals surface area contributed by atoms with Crippen LogP contribution in [0.3, 0.4) is 0 Å². The molecule has 0 radical (unpaired) electrons. The number of para-hydroxylation sites is 1. The Kier molecular flexibility index (Phi) is 6.05. The molecule has 5 rings (SSSR count). The van der Waals surface area contributed by atoms with Crippen molar-refractivity contribution in [2.45, 2.75) is 57.5 Å². The number of amides is 1. The van der Waals surface area contributed by atoms with Gasteiger partial charge in [-0.1, -0.05) is 61.7 Å². The Balaban J connectivity index is 1.69. The molecule has 168 valence electrons. The predicted octanol–water partition coefficient (Wildman–Crippen LogP) is 5.65. The number of rotatable bonds is 4. The van der Waals surface area contributed by atoms with E-state index in [1.54, 1.807) is 0 Å². The van der Waals surface area contributed by atoms with Gasteiger partial charge in [0.05, 0.1) is 5.69 Å². The summed E-state index contributed by atoms with van der Waals surface area (Å²) in [6, 6.07) is 17.7. The number of aryl methyl sites for hydroxylation is 1. The zero-order chi connectivity index (χ0) is 22.1. The highest BCUT2D eigenvalue weighted by Gasteiger charge is 2.29. The zero-order valence-corrected chi connectivity index (χ0v) is 19.5. The average molecular weight is 430 g/mol. The molecule has 3 aromatic rings. The second kappa shape index (κ2) is 9.11. The van der Waals surface area contributed by atoms with Gasteiger partial charge >= 0.3 is 0 Å². The van der Waals surface area contributed by atoms with Crippen LogP contribution in [0.5, 0.6) is 0 Å². The van der Waals surface area contributed by atoms with E-state index in [0.717, 1.165) is 19.6 Å². The van der Waals surface area contributed by atoms with Crippen LogP contribution in [0.4, 0.5) is 0 Å². The average Bonchev–Trinajstić information content (AvgIpc) is 3.16. The van der Waals surface area contributed by atoms with Crippen LogP contribution >= 0.6 is 0 Å². The molecular weight excluding hydrogens is 394 g/mol. The predicted molar refractivity (Wildman–Crippen MR) is 132 cm³/mol. The second-order valence-electron chi connectivity index (χ2n) is 9.79. The van der Waals surface area contributed by atoms with Crippen molar-refractivity contribution < 1.29 is 4.79 Å². The van der Waals surface area contributed by atoms with Crippen LogP contribution in [-0.2, 0) is 17.9 Å². The molecule has 32 heavy (non-hydrogen) atoms. The molecule has 4 heteroatoms. The number of benzene rings is 2. The van der Waals surface area contributed by atoms with Crippen molar-refractivity contribution in [3.63, 3.8) is 0 Å². The summed E-state index contributed by atoms with van der Waals surface area (Å²) in [5.41, 5.74) is 6.77. The molecule has 1 fully saturated rings. The number of nitrogens with zero attached hydrogens (tertiary/aromatic N) is 3. The van der Waals surface area contributed by atoms with Crippen LogP contribution in [0.2, 0.25) is 0 Å². The van der Waals surface area contributed by atoms with E-state index in [1.165, 1.54) is 65.4 Å². The Morgan fingerprint density at radius 1 is 0.969 bits per heavy atom. The highest BCUT2D eigenvalue weighted by atomic mass is 16.2. The molecule has 2 heterocycles. The molecule has 1 saturated carbocycles. The number of likely N-dealkylation sites (N-methyl/N-ethyl adjacent to an activating group) is 1. The highest BCUT2D eigenvalue weighted by molar-refractivity contribution is 5.93. The molecule has 4 nitrogen and oxygen atoms in total. The summed E-state index contributed by atoms with van der Waals surface area (Å²) >= 11 is 0. The maximum Gasteiger partial charge on any atom is 0.224 e. The van der Waals surface area contributed by atoms with Gasteiger partial charge in [-0.15, -0.1) is 0 Å². The van der Waals surface area contributed by atoms with E-state index >= 15 is 0 Å². The molecule has 0 atom stereocenters. The lowest BCUT2D eigenvalue weighted by atomic mass is 9.81. The van der Waals surface area contributed by atoms with E-state index in [1.807, 2.05) is 0 Å². The van der Waals surface area contributed by atoms with E-state index in [2.05, 4.69) is 77.0 Å². The van der Waals surface area contributed by atoms with Crippen molar-refractivity contribution >= 4 is 16.8 Å². The summed E-state index contributed by atoms with van der Waals surface area (Å²) in [7, 11) is 4.14. The minimum atomic E-state index is 0.256. The molecule has 0 N–H and O–H groups in total. The van der Waals surface area contributed by atoms with Gasteiger partial charge in [-0.05, 0) is 50.0 Å². The van der Waals surface area contributed by atoms with Gasteiger partial charge in [0.25, 0.3) is 0 Å². The highest BCUT2D eigenvalue weighted by Crippen LogP contribution is 2.45. The van der Waals surface area contributed by atoms with Crippen LogP contribution < -0.4 is 0 Å². The first-order valence-electron chi connectivity index (χ1n) is 12.3. The first-order valence-corrected chi connectivity index (χ1v) is 12.3. The Bertz CT molecular complexity index is 1110. The molecule has 1 amide bonds. The summed E-state index contributed by atoms with van der Waals surface area (Å²) in [6.07, 6.45) is 7.10. The van der Waals surface area contributed by atoms with E-state index < -0.39 is 0 Å². The maximum absolute atomic E-state index is 13.3. The minimum absolute atomic E-state index is 0.256. The van der Waals surface area contributed by atoms with Gasteiger partial charge in [0.15, 0.2) is 0 Å². The van der Waals surface area contributed by atoms with Gasteiger partial charge in [-0.2, -0.15) is 0 Å². The van der Waals surface area contributed by atoms with Crippen LogP contribution in [0, 0.1) is 0 Å². The van der Waals surface area contributed by atoms with Gasteiger partial charge in [0.1, 0.15) is 0 Å². The van der Waals surface area contributed by atoms with Gasteiger partial charge in [-0.3, -0.25) is 4.79 Å². The van der Waals surface area contributed by atoms with Crippen LogP contribution in [0.1, 0.15) is 55.6 Å². The quantitative estimate of drug-likeness (QED) is 0.536. The fourth-order valence-electron chi connectivity index (χ4n) is 5.73. The molecule has 0 spiro atoms. The summed E-state index contributed by atoms with van der Waals surface area (Å²) in [5.74, 6) is 0.866. The molecule has 1 aromatic heterocycles. The maximum atomic E-state index is 13.3. The van der Waals surface area contributed by atoms with Gasteiger partial charge < -0.3 is 14.4 Å². The normalized spacial score (nSPS) is 17.7. The molecule has 0 bridgehead atoms. The first kappa shape index (κ1) is 21.3. The summed E-state index contributed by atoms with van der Waals surface area (Å²) in [4.78, 5) is 17.5. The van der Waals surface area contributed by atoms with Gasteiger partial charge in [-0.25, -0.2) is 0 Å². The van der Waals surface area contributed by atoms with Crippen molar-refractivity contribution in [2.75, 3.05) is 27.2 Å². The second-order valence-corrected chi connectivity index (χ2v) is 9.79. The monoisotopic (exact) mass is 429 g/mol. The number of hydrogen-bond acceptors (Lipinski definition) is 2. The summed E-state index contributed by atoms with van der Waals surface area (Å²) in [5, 5.41) is 1.39. The molecule has 2 aromatic carbocycles. The summed E-state index contributed by atoms with van der Waals surface area (Å²) in [6.45, 7) is 3.09. The zero-order valence-electron chi connectivity index (χ0n) is 19.5. The van der Waals surface area contributed by atoms with Gasteiger partial charge in [0.2, 0.25) is 5.91 Å². The molecule has 1 aliphatic carbocycles. The molecule has 0 unspecified atom stereocenters. The standard InChI is InChI=1S/C28H35N3O/c1-29(2)18-19-30-20-22-12-6-7-13-23(22)28-27(21-10-4-3-5-11-21)24-14-8-9-15-25(24)31(28)17-16-26(30)32/h6-9,12-15,21H,3-5,10-11,16-20H2,1-2H3. The van der Waals surface area contributed by atoms with E-state index in [0.29, 0.717) is 18.9 Å². The third kappa shape index (κ3) is 3.97. The Labute approximate surface area is 191 Å². The fraction of sp³-hybridized carbons (Fsp3) is 0.464. The topological polar surface area (TPSA) is 28.5 Å². The Hall–Kier alpha value is -2.59. The van der Waals surface area contributed by atoms with Crippen molar-refractivity contribution in [1.29, 1.82) is 0 Å². The van der Waals surface area contributed by atoms with Crippen molar-refractivity contribution in [3.05, 3.63) is 59.7 Å². The lowest BCUT2D eigenvalue weighted by molar-refractivity contribution is -0.132. The number of carbonyl (C=O) groups is 1. The lowest BCUT2D eigenvalue weighted by Crippen LogP contribution is -2.36. The van der Waals surface area contributed by atoms with Crippen molar-refractivity contribution in [1.82, 2.24) is 14.4 Å². The van der Waals surface area contributed by atoms with Crippen molar-refractivity contribution in [2.24, 2.45) is 0 Å². The Morgan fingerprint density at radius 3 is 2.53 bits per heavy atom. The number of fused-ring (bicyclic) bond motifs is 5. The molecule has 1 aliphatic heterocycles. The van der Waals surface area contributed by atoms with E-state index in [-0.39, 0.29) is 5.91 Å². The minimum Gasteiger partial charge on any atom is -0.340 e. The smallest absolute Gasteiger partial charge is 0.224 e. The number of aromatic nitrogens is 1. The van der Waals surface area contributed by atoms with Crippen LogP contribution in [0.25, 0.3) is 22.2 Å². The largest absolute Gasteiger partial charge is 0.340 e. The van der Waals surface area contributed by atoms with Crippen LogP contribution in [-0.4, -0.2) is 47.5 Å².